The molecule has 1 aromatic carbocycles. The van der Waals surface area contributed by atoms with Gasteiger partial charge in [0, 0.05) is 19.1 Å². The maximum atomic E-state index is 9.43. The standard InChI is InChI=1S/C17H25NO/c19-12-15-7-2-1-6-14(15)10-18-11-16-9-13-5-3-4-8-17(13)16/h3-5,8,14-16,18-19H,1-2,6-7,9-12H2. The molecule has 0 aliphatic heterocycles. The minimum atomic E-state index is 0.374. The molecule has 2 N–H and O–H groups in total. The Bertz CT molecular complexity index is 417. The van der Waals surface area contributed by atoms with Crippen LogP contribution in [0.5, 0.6) is 0 Å². The number of aliphatic hydroxyl groups is 1. The summed E-state index contributed by atoms with van der Waals surface area (Å²) in [6.45, 7) is 2.56. The average molecular weight is 259 g/mol. The van der Waals surface area contributed by atoms with Crippen molar-refractivity contribution in [1.82, 2.24) is 5.32 Å². The number of benzene rings is 1. The fraction of sp³-hybridized carbons (Fsp3) is 0.647. The van der Waals surface area contributed by atoms with Crippen LogP contribution in [0.3, 0.4) is 0 Å². The Labute approximate surface area is 116 Å². The molecule has 2 heteroatoms. The molecule has 2 aliphatic carbocycles. The highest BCUT2D eigenvalue weighted by molar-refractivity contribution is 5.40. The van der Waals surface area contributed by atoms with Crippen molar-refractivity contribution in [3.63, 3.8) is 0 Å². The zero-order chi connectivity index (χ0) is 13.1. The van der Waals surface area contributed by atoms with Crippen molar-refractivity contribution in [3.05, 3.63) is 35.4 Å². The number of aliphatic hydroxyl groups excluding tert-OH is 1. The third kappa shape index (κ3) is 2.85. The summed E-state index contributed by atoms with van der Waals surface area (Å²) in [6, 6.07) is 8.79. The predicted octanol–water partition coefficient (Wildman–Crippen LogP) is 2.71. The van der Waals surface area contributed by atoms with Gasteiger partial charge in [-0.2, -0.15) is 0 Å². The smallest absolute Gasteiger partial charge is 0.0462 e. The van der Waals surface area contributed by atoms with E-state index in [2.05, 4.69) is 29.6 Å². The Morgan fingerprint density at radius 2 is 1.84 bits per heavy atom. The molecular formula is C17H25NO. The molecule has 2 aliphatic rings. The Hall–Kier alpha value is -0.860. The lowest BCUT2D eigenvalue weighted by Crippen LogP contribution is -2.36. The normalized spacial score (nSPS) is 29.6. The van der Waals surface area contributed by atoms with Crippen LogP contribution in [0.4, 0.5) is 0 Å². The van der Waals surface area contributed by atoms with Gasteiger partial charge in [0.15, 0.2) is 0 Å². The molecule has 3 atom stereocenters. The van der Waals surface area contributed by atoms with Crippen LogP contribution in [0.25, 0.3) is 0 Å². The SMILES string of the molecule is OCC1CCCCC1CNCC1Cc2ccccc21. The first-order valence-corrected chi connectivity index (χ1v) is 7.78. The van der Waals surface area contributed by atoms with E-state index in [4.69, 9.17) is 0 Å². The van der Waals surface area contributed by atoms with Crippen LogP contribution < -0.4 is 5.32 Å². The zero-order valence-corrected chi connectivity index (χ0v) is 11.6. The van der Waals surface area contributed by atoms with E-state index in [-0.39, 0.29) is 0 Å². The van der Waals surface area contributed by atoms with Crippen LogP contribution in [0, 0.1) is 11.8 Å². The molecule has 19 heavy (non-hydrogen) atoms. The maximum absolute atomic E-state index is 9.43. The van der Waals surface area contributed by atoms with Gasteiger partial charge >= 0.3 is 0 Å². The van der Waals surface area contributed by atoms with Crippen molar-refractivity contribution in [2.24, 2.45) is 11.8 Å². The third-order valence-corrected chi connectivity index (χ3v) is 5.06. The molecule has 1 saturated carbocycles. The van der Waals surface area contributed by atoms with Gasteiger partial charge in [-0.3, -0.25) is 0 Å². The average Bonchev–Trinajstić information content (AvgIpc) is 2.44. The molecule has 2 nitrogen and oxygen atoms in total. The second-order valence-corrected chi connectivity index (χ2v) is 6.25. The van der Waals surface area contributed by atoms with Crippen LogP contribution in [-0.2, 0) is 6.42 Å². The van der Waals surface area contributed by atoms with Gasteiger partial charge in [-0.15, -0.1) is 0 Å². The van der Waals surface area contributed by atoms with E-state index in [0.29, 0.717) is 24.4 Å². The number of hydrogen-bond donors (Lipinski definition) is 2. The molecule has 3 unspecified atom stereocenters. The molecule has 0 aromatic heterocycles. The minimum Gasteiger partial charge on any atom is -0.396 e. The fourth-order valence-corrected chi connectivity index (χ4v) is 3.78. The van der Waals surface area contributed by atoms with E-state index >= 15 is 0 Å². The molecular weight excluding hydrogens is 234 g/mol. The Morgan fingerprint density at radius 3 is 2.63 bits per heavy atom. The van der Waals surface area contributed by atoms with Crippen molar-refractivity contribution in [2.75, 3.05) is 19.7 Å². The minimum absolute atomic E-state index is 0.374. The summed E-state index contributed by atoms with van der Waals surface area (Å²) < 4.78 is 0. The van der Waals surface area contributed by atoms with E-state index in [1.807, 2.05) is 0 Å². The van der Waals surface area contributed by atoms with E-state index in [1.54, 1.807) is 0 Å². The summed E-state index contributed by atoms with van der Waals surface area (Å²) in [5.41, 5.74) is 3.07. The van der Waals surface area contributed by atoms with Crippen LogP contribution in [0.2, 0.25) is 0 Å². The number of nitrogens with one attached hydrogen (secondary N) is 1. The van der Waals surface area contributed by atoms with Crippen LogP contribution in [0.1, 0.15) is 42.7 Å². The largest absolute Gasteiger partial charge is 0.396 e. The second-order valence-electron chi connectivity index (χ2n) is 6.25. The Morgan fingerprint density at radius 1 is 1.05 bits per heavy atom. The van der Waals surface area contributed by atoms with E-state index < -0.39 is 0 Å². The van der Waals surface area contributed by atoms with E-state index in [1.165, 1.54) is 43.2 Å². The quantitative estimate of drug-likeness (QED) is 0.852. The zero-order valence-electron chi connectivity index (χ0n) is 11.6. The first kappa shape index (κ1) is 13.1. The summed E-state index contributed by atoms with van der Waals surface area (Å²) in [7, 11) is 0. The fourth-order valence-electron chi connectivity index (χ4n) is 3.78. The molecule has 3 rings (SSSR count). The molecule has 0 bridgehead atoms. The van der Waals surface area contributed by atoms with Gasteiger partial charge in [0.2, 0.25) is 0 Å². The summed E-state index contributed by atoms with van der Waals surface area (Å²) in [4.78, 5) is 0. The van der Waals surface area contributed by atoms with Gasteiger partial charge in [0.05, 0.1) is 0 Å². The molecule has 0 spiro atoms. The molecule has 0 saturated heterocycles. The molecule has 1 aromatic rings. The predicted molar refractivity (Wildman–Crippen MR) is 78.3 cm³/mol. The highest BCUT2D eigenvalue weighted by Crippen LogP contribution is 2.34. The lowest BCUT2D eigenvalue weighted by atomic mass is 9.77. The second kappa shape index (κ2) is 6.06. The monoisotopic (exact) mass is 259 g/mol. The van der Waals surface area contributed by atoms with Crippen molar-refractivity contribution in [1.29, 1.82) is 0 Å². The van der Waals surface area contributed by atoms with Crippen molar-refractivity contribution in [2.45, 2.75) is 38.0 Å². The highest BCUT2D eigenvalue weighted by Gasteiger charge is 2.27. The molecule has 0 heterocycles. The van der Waals surface area contributed by atoms with Gasteiger partial charge in [-0.25, -0.2) is 0 Å². The summed E-state index contributed by atoms with van der Waals surface area (Å²) in [5.74, 6) is 1.94. The summed E-state index contributed by atoms with van der Waals surface area (Å²) >= 11 is 0. The van der Waals surface area contributed by atoms with Gasteiger partial charge in [-0.05, 0) is 48.8 Å². The van der Waals surface area contributed by atoms with Crippen molar-refractivity contribution in [3.8, 4) is 0 Å². The van der Waals surface area contributed by atoms with Crippen LogP contribution in [0.15, 0.2) is 24.3 Å². The molecule has 1 fully saturated rings. The summed E-state index contributed by atoms with van der Waals surface area (Å²) in [5, 5.41) is 13.1. The molecule has 104 valence electrons. The van der Waals surface area contributed by atoms with Crippen molar-refractivity contribution < 1.29 is 5.11 Å². The lowest BCUT2D eigenvalue weighted by molar-refractivity contribution is 0.133. The van der Waals surface area contributed by atoms with Gasteiger partial charge in [0.25, 0.3) is 0 Å². The van der Waals surface area contributed by atoms with Gasteiger partial charge < -0.3 is 10.4 Å². The first-order chi connectivity index (χ1) is 9.38. The highest BCUT2D eigenvalue weighted by atomic mass is 16.3. The molecule has 0 amide bonds. The first-order valence-electron chi connectivity index (χ1n) is 7.78. The van der Waals surface area contributed by atoms with Crippen molar-refractivity contribution >= 4 is 0 Å². The van der Waals surface area contributed by atoms with E-state index in [9.17, 15) is 5.11 Å². The maximum Gasteiger partial charge on any atom is 0.0462 e. The Kier molecular flexibility index (Phi) is 4.19. The third-order valence-electron chi connectivity index (χ3n) is 5.06. The Balaban J connectivity index is 1.44. The number of fused-ring (bicyclic) bond motifs is 1. The van der Waals surface area contributed by atoms with Crippen LogP contribution in [-0.4, -0.2) is 24.8 Å². The molecule has 0 radical (unpaired) electrons. The summed E-state index contributed by atoms with van der Waals surface area (Å²) in [6.07, 6.45) is 6.39. The van der Waals surface area contributed by atoms with E-state index in [0.717, 1.165) is 13.1 Å². The number of rotatable bonds is 5. The number of hydrogen-bond acceptors (Lipinski definition) is 2. The van der Waals surface area contributed by atoms with Gasteiger partial charge in [-0.1, -0.05) is 37.1 Å². The lowest BCUT2D eigenvalue weighted by Gasteiger charge is -2.33. The van der Waals surface area contributed by atoms with Crippen LogP contribution >= 0.6 is 0 Å². The topological polar surface area (TPSA) is 32.3 Å². The van der Waals surface area contributed by atoms with Gasteiger partial charge in [0.1, 0.15) is 0 Å².